The zero-order valence-corrected chi connectivity index (χ0v) is 11.9. The Morgan fingerprint density at radius 3 is 1.54 bits per heavy atom. The third-order valence-electron chi connectivity index (χ3n) is 1.91. The summed E-state index contributed by atoms with van der Waals surface area (Å²) in [6.45, 7) is 0. The van der Waals surface area contributed by atoms with Crippen molar-refractivity contribution in [2.75, 3.05) is 0 Å². The largest absolute Gasteiger partial charge is 0.478 e. The van der Waals surface area contributed by atoms with Gasteiger partial charge in [-0.15, -0.1) is 0 Å². The Balaban J connectivity index is 0.000000331. The molecule has 2 heterocycles. The molecule has 0 saturated carbocycles. The lowest BCUT2D eigenvalue weighted by molar-refractivity contribution is -0.134. The molecule has 0 radical (unpaired) electrons. The van der Waals surface area contributed by atoms with Crippen LogP contribution in [0.5, 0.6) is 0 Å². The fourth-order valence-electron chi connectivity index (χ4n) is 1.05. The van der Waals surface area contributed by atoms with Crippen LogP contribution in [0.15, 0.2) is 57.8 Å². The second kappa shape index (κ2) is 10.8. The highest BCUT2D eigenvalue weighted by Crippen LogP contribution is 2.17. The summed E-state index contributed by atoms with van der Waals surface area (Å²) in [6, 6.07) is 0. The molecule has 126 valence electrons. The number of hydrogen-bond donors (Lipinski definition) is 4. The van der Waals surface area contributed by atoms with Gasteiger partial charge in [-0.1, -0.05) is 0 Å². The maximum Gasteiger partial charge on any atom is 0.328 e. The van der Waals surface area contributed by atoms with E-state index in [0.717, 1.165) is 11.3 Å². The molecule has 0 aliphatic carbocycles. The van der Waals surface area contributed by atoms with Crippen molar-refractivity contribution in [3.05, 3.63) is 47.9 Å². The van der Waals surface area contributed by atoms with Gasteiger partial charge in [0.1, 0.15) is 0 Å². The van der Waals surface area contributed by atoms with Crippen molar-refractivity contribution < 1.29 is 39.6 Å². The summed E-state index contributed by atoms with van der Waals surface area (Å²) in [5, 5.41) is 31.2. The fourth-order valence-corrected chi connectivity index (χ4v) is 1.05. The second-order valence-electron chi connectivity index (χ2n) is 3.71. The maximum atomic E-state index is 9.55. The number of carboxylic acids is 4. The third kappa shape index (κ3) is 10.9. The molecule has 2 rings (SSSR count). The number of fused-ring (bicyclic) bond motifs is 1. The zero-order valence-electron chi connectivity index (χ0n) is 11.9. The number of carboxylic acid groups (broad SMARTS) is 4. The van der Waals surface area contributed by atoms with Crippen LogP contribution < -0.4 is 0 Å². The summed E-state index contributed by atoms with van der Waals surface area (Å²) < 4.78 is 0. The molecule has 0 unspecified atom stereocenters. The van der Waals surface area contributed by atoms with Gasteiger partial charge in [0, 0.05) is 42.3 Å². The Morgan fingerprint density at radius 2 is 1.21 bits per heavy atom. The number of aliphatic imine (C=N–C) groups is 2. The molecule has 0 fully saturated rings. The Kier molecular flexibility index (Phi) is 9.12. The maximum absolute atomic E-state index is 9.55. The molecule has 0 bridgehead atoms. The first-order valence-corrected chi connectivity index (χ1v) is 5.98. The minimum Gasteiger partial charge on any atom is -0.478 e. The van der Waals surface area contributed by atoms with Crippen LogP contribution in [-0.2, 0) is 19.2 Å². The molecule has 4 N–H and O–H groups in total. The Labute approximate surface area is 134 Å². The average Bonchev–Trinajstić information content (AvgIpc) is 3.08. The van der Waals surface area contributed by atoms with Gasteiger partial charge in [0.05, 0.1) is 11.9 Å². The van der Waals surface area contributed by atoms with Crippen LogP contribution in [0.1, 0.15) is 0 Å². The molecule has 10 nitrogen and oxygen atoms in total. The summed E-state index contributed by atoms with van der Waals surface area (Å²) in [4.78, 5) is 46.1. The lowest BCUT2D eigenvalue weighted by Crippen LogP contribution is -1.91. The van der Waals surface area contributed by atoms with Crippen LogP contribution in [0.3, 0.4) is 0 Å². The van der Waals surface area contributed by atoms with Crippen molar-refractivity contribution in [3.63, 3.8) is 0 Å². The van der Waals surface area contributed by atoms with Crippen LogP contribution in [0.2, 0.25) is 0 Å². The summed E-state index contributed by atoms with van der Waals surface area (Å²) >= 11 is 0. The van der Waals surface area contributed by atoms with Gasteiger partial charge < -0.3 is 20.4 Å². The highest BCUT2D eigenvalue weighted by Gasteiger charge is 2.07. The molecule has 24 heavy (non-hydrogen) atoms. The van der Waals surface area contributed by atoms with Gasteiger partial charge in [-0.05, 0) is 6.08 Å². The molecule has 2 aliphatic heterocycles. The van der Waals surface area contributed by atoms with E-state index < -0.39 is 23.9 Å². The van der Waals surface area contributed by atoms with Gasteiger partial charge in [-0.2, -0.15) is 0 Å². The van der Waals surface area contributed by atoms with E-state index in [2.05, 4.69) is 9.98 Å². The molecule has 0 aromatic carbocycles. The Morgan fingerprint density at radius 1 is 0.792 bits per heavy atom. The molecule has 0 atom stereocenters. The molecular formula is C14H12N2O8. The van der Waals surface area contributed by atoms with E-state index in [9.17, 15) is 19.2 Å². The number of allylic oxidation sites excluding steroid dienone is 2. The highest BCUT2D eigenvalue weighted by molar-refractivity contribution is 5.97. The average molecular weight is 336 g/mol. The molecule has 0 amide bonds. The first-order valence-electron chi connectivity index (χ1n) is 5.98. The molecule has 10 heteroatoms. The predicted molar refractivity (Wildman–Crippen MR) is 82.0 cm³/mol. The van der Waals surface area contributed by atoms with Gasteiger partial charge >= 0.3 is 23.9 Å². The number of carbonyl (C=O) groups is 4. The van der Waals surface area contributed by atoms with Crippen molar-refractivity contribution in [2.45, 2.75) is 0 Å². The van der Waals surface area contributed by atoms with Gasteiger partial charge in [0.2, 0.25) is 0 Å². The van der Waals surface area contributed by atoms with E-state index in [1.165, 1.54) is 0 Å². The number of rotatable bonds is 4. The zero-order chi connectivity index (χ0) is 18.5. The molecule has 0 spiro atoms. The van der Waals surface area contributed by atoms with Gasteiger partial charge in [-0.3, -0.25) is 9.98 Å². The Bertz CT molecular complexity index is 604. The summed E-state index contributed by atoms with van der Waals surface area (Å²) in [5.41, 5.74) is 2.12. The molecule has 0 aromatic rings. The van der Waals surface area contributed by atoms with Crippen molar-refractivity contribution >= 4 is 36.3 Å². The first-order chi connectivity index (χ1) is 11.2. The van der Waals surface area contributed by atoms with Gasteiger partial charge in [0.15, 0.2) is 0 Å². The minimum absolute atomic E-state index is 0.558. The quantitative estimate of drug-likeness (QED) is 0.532. The first kappa shape index (κ1) is 20.2. The normalized spacial score (nSPS) is 13.3. The van der Waals surface area contributed by atoms with E-state index >= 15 is 0 Å². The third-order valence-corrected chi connectivity index (χ3v) is 1.91. The molecular weight excluding hydrogens is 324 g/mol. The van der Waals surface area contributed by atoms with Crippen LogP contribution in [-0.4, -0.2) is 56.7 Å². The number of nitrogens with zero attached hydrogens (tertiary/aromatic N) is 2. The van der Waals surface area contributed by atoms with Gasteiger partial charge in [0.25, 0.3) is 0 Å². The lowest BCUT2D eigenvalue weighted by Gasteiger charge is -1.81. The van der Waals surface area contributed by atoms with Gasteiger partial charge in [-0.25, -0.2) is 19.2 Å². The monoisotopic (exact) mass is 336 g/mol. The molecule has 2 aliphatic rings. The van der Waals surface area contributed by atoms with Crippen LogP contribution in [0, 0.1) is 0 Å². The van der Waals surface area contributed by atoms with Crippen molar-refractivity contribution in [1.29, 1.82) is 0 Å². The van der Waals surface area contributed by atoms with E-state index in [4.69, 9.17) is 20.4 Å². The van der Waals surface area contributed by atoms with Crippen LogP contribution in [0.25, 0.3) is 0 Å². The summed E-state index contributed by atoms with van der Waals surface area (Å²) in [7, 11) is 0. The second-order valence-corrected chi connectivity index (χ2v) is 3.71. The van der Waals surface area contributed by atoms with Crippen molar-refractivity contribution in [3.8, 4) is 0 Å². The number of hydrogen-bond acceptors (Lipinski definition) is 6. The van der Waals surface area contributed by atoms with E-state index in [1.807, 2.05) is 12.3 Å². The molecule has 0 saturated heterocycles. The van der Waals surface area contributed by atoms with E-state index in [-0.39, 0.29) is 0 Å². The SMILES string of the molecule is C1=NC=C2N=CC=C12.O=C(O)/C=C/C(=O)O.O=C(O)/C=C/C(=O)O. The van der Waals surface area contributed by atoms with Crippen molar-refractivity contribution in [1.82, 2.24) is 0 Å². The smallest absolute Gasteiger partial charge is 0.328 e. The van der Waals surface area contributed by atoms with E-state index in [1.54, 1.807) is 12.4 Å². The van der Waals surface area contributed by atoms with Crippen LogP contribution >= 0.6 is 0 Å². The summed E-state index contributed by atoms with van der Waals surface area (Å²) in [5.74, 6) is -5.03. The fraction of sp³-hybridized carbons (Fsp3) is 0. The predicted octanol–water partition coefficient (Wildman–Crippen LogP) is 0.347. The Hall–Kier alpha value is -3.82. The van der Waals surface area contributed by atoms with Crippen LogP contribution in [0.4, 0.5) is 0 Å². The minimum atomic E-state index is -1.26. The summed E-state index contributed by atoms with van der Waals surface area (Å²) in [6.07, 6.45) is 9.53. The lowest BCUT2D eigenvalue weighted by atomic mass is 10.3. The van der Waals surface area contributed by atoms with E-state index in [0.29, 0.717) is 24.3 Å². The standard InChI is InChI=1S/C6H4N2.2C4H4O4/c1-2-8-6-4-7-3-5(1)6;2*5-3(6)1-2-4(7)8/h1-4H;2*1-2H,(H,5,6)(H,7,8)/b;2*2-1+. The topological polar surface area (TPSA) is 174 Å². The molecule has 0 aromatic heterocycles. The highest BCUT2D eigenvalue weighted by atomic mass is 16.4. The van der Waals surface area contributed by atoms with Crippen molar-refractivity contribution in [2.24, 2.45) is 9.98 Å². The number of aliphatic carboxylic acids is 4.